The predicted octanol–water partition coefficient (Wildman–Crippen LogP) is 2.94. The van der Waals surface area contributed by atoms with Gasteiger partial charge in [-0.15, -0.1) is 0 Å². The summed E-state index contributed by atoms with van der Waals surface area (Å²) in [5, 5.41) is 9.96. The molecule has 5 nitrogen and oxygen atoms in total. The minimum atomic E-state index is -3.36. The van der Waals surface area contributed by atoms with Crippen molar-refractivity contribution in [1.29, 1.82) is 0 Å². The van der Waals surface area contributed by atoms with Crippen molar-refractivity contribution in [2.75, 3.05) is 6.26 Å². The zero-order chi connectivity index (χ0) is 15.2. The number of imidazole rings is 1. The van der Waals surface area contributed by atoms with Gasteiger partial charge < -0.3 is 10.1 Å². The van der Waals surface area contributed by atoms with Gasteiger partial charge in [-0.2, -0.15) is 0 Å². The molecule has 0 saturated heterocycles. The van der Waals surface area contributed by atoms with Gasteiger partial charge in [-0.3, -0.25) is 0 Å². The van der Waals surface area contributed by atoms with E-state index in [0.29, 0.717) is 22.4 Å². The highest BCUT2D eigenvalue weighted by atomic mass is 127. The Morgan fingerprint density at radius 1 is 1.24 bits per heavy atom. The predicted molar refractivity (Wildman–Crippen MR) is 89.0 cm³/mol. The molecule has 0 spiro atoms. The highest BCUT2D eigenvalue weighted by Gasteiger charge is 2.17. The third kappa shape index (κ3) is 2.62. The molecule has 2 N–H and O–H groups in total. The highest BCUT2D eigenvalue weighted by molar-refractivity contribution is 14.1. The van der Waals surface area contributed by atoms with Crippen LogP contribution in [0.4, 0.5) is 0 Å². The quantitative estimate of drug-likeness (QED) is 0.632. The molecular formula is C14H11IN2O3S. The number of sulfone groups is 1. The normalized spacial score (nSPS) is 11.9. The minimum absolute atomic E-state index is 0.0929. The SMILES string of the molecule is CS(=O)(=O)c1cccc2[nH]c(-c3cc(I)ccc3O)nc12. The Balaban J connectivity index is 2.30. The number of H-pyrrole nitrogens is 1. The first kappa shape index (κ1) is 14.3. The van der Waals surface area contributed by atoms with Crippen molar-refractivity contribution >= 4 is 43.5 Å². The highest BCUT2D eigenvalue weighted by Crippen LogP contribution is 2.31. The first-order chi connectivity index (χ1) is 9.86. The molecule has 0 radical (unpaired) electrons. The fourth-order valence-electron chi connectivity index (χ4n) is 2.13. The number of benzene rings is 2. The topological polar surface area (TPSA) is 83.0 Å². The third-order valence-electron chi connectivity index (χ3n) is 3.09. The summed E-state index contributed by atoms with van der Waals surface area (Å²) >= 11 is 2.14. The Morgan fingerprint density at radius 2 is 2.00 bits per heavy atom. The molecule has 0 aliphatic carbocycles. The van der Waals surface area contributed by atoms with Gasteiger partial charge in [0.1, 0.15) is 17.1 Å². The van der Waals surface area contributed by atoms with Crippen LogP contribution in [0.5, 0.6) is 5.75 Å². The summed E-state index contributed by atoms with van der Waals surface area (Å²) in [5.74, 6) is 0.535. The summed E-state index contributed by atoms with van der Waals surface area (Å²) in [6.45, 7) is 0. The van der Waals surface area contributed by atoms with E-state index in [1.54, 1.807) is 30.3 Å². The number of aromatic nitrogens is 2. The van der Waals surface area contributed by atoms with E-state index in [1.165, 1.54) is 6.07 Å². The van der Waals surface area contributed by atoms with Crippen LogP contribution >= 0.6 is 22.6 Å². The third-order valence-corrected chi connectivity index (χ3v) is 4.89. The smallest absolute Gasteiger partial charge is 0.177 e. The van der Waals surface area contributed by atoms with Crippen LogP contribution in [0.25, 0.3) is 22.4 Å². The molecule has 0 aliphatic rings. The lowest BCUT2D eigenvalue weighted by atomic mass is 10.2. The van der Waals surface area contributed by atoms with Gasteiger partial charge in [0.25, 0.3) is 0 Å². The van der Waals surface area contributed by atoms with E-state index in [-0.39, 0.29) is 10.6 Å². The lowest BCUT2D eigenvalue weighted by Crippen LogP contribution is -1.97. The van der Waals surface area contributed by atoms with Crippen molar-refractivity contribution in [3.63, 3.8) is 0 Å². The van der Waals surface area contributed by atoms with E-state index in [4.69, 9.17) is 0 Å². The van der Waals surface area contributed by atoms with Gasteiger partial charge in [-0.05, 0) is 52.9 Å². The molecule has 0 saturated carbocycles. The zero-order valence-electron chi connectivity index (χ0n) is 11.0. The van der Waals surface area contributed by atoms with E-state index in [9.17, 15) is 13.5 Å². The standard InChI is InChI=1S/C14H11IN2O3S/c1-21(19,20)12-4-2-3-10-13(12)17-14(16-10)9-7-8(15)5-6-11(9)18/h2-7,18H,1H3,(H,16,17). The number of nitrogens with one attached hydrogen (secondary N) is 1. The summed E-state index contributed by atoms with van der Waals surface area (Å²) in [7, 11) is -3.36. The van der Waals surface area contributed by atoms with Crippen LogP contribution in [-0.2, 0) is 9.84 Å². The van der Waals surface area contributed by atoms with Crippen molar-refractivity contribution in [3.05, 3.63) is 40.0 Å². The zero-order valence-corrected chi connectivity index (χ0v) is 13.9. The van der Waals surface area contributed by atoms with Crippen LogP contribution in [0.2, 0.25) is 0 Å². The van der Waals surface area contributed by atoms with Gasteiger partial charge >= 0.3 is 0 Å². The van der Waals surface area contributed by atoms with Gasteiger partial charge in [0.05, 0.1) is 16.0 Å². The van der Waals surface area contributed by atoms with E-state index in [0.717, 1.165) is 9.83 Å². The number of hydrogen-bond donors (Lipinski definition) is 2. The molecule has 3 rings (SSSR count). The van der Waals surface area contributed by atoms with Crippen LogP contribution in [-0.4, -0.2) is 29.7 Å². The number of phenolic OH excluding ortho intramolecular Hbond substituents is 1. The van der Waals surface area contributed by atoms with Crippen LogP contribution in [0.1, 0.15) is 0 Å². The molecule has 0 amide bonds. The van der Waals surface area contributed by atoms with Crippen LogP contribution in [0, 0.1) is 3.57 Å². The molecule has 3 aromatic rings. The van der Waals surface area contributed by atoms with Crippen molar-refractivity contribution in [3.8, 4) is 17.1 Å². The molecular weight excluding hydrogens is 403 g/mol. The summed E-state index contributed by atoms with van der Waals surface area (Å²) in [5.41, 5.74) is 1.54. The average molecular weight is 414 g/mol. The number of aromatic hydroxyl groups is 1. The summed E-state index contributed by atoms with van der Waals surface area (Å²) in [6, 6.07) is 10.1. The molecule has 0 atom stereocenters. The van der Waals surface area contributed by atoms with E-state index < -0.39 is 9.84 Å². The minimum Gasteiger partial charge on any atom is -0.507 e. The van der Waals surface area contributed by atoms with Gasteiger partial charge in [-0.1, -0.05) is 6.07 Å². The van der Waals surface area contributed by atoms with Crippen LogP contribution < -0.4 is 0 Å². The van der Waals surface area contributed by atoms with Gasteiger partial charge in [0, 0.05) is 9.83 Å². The largest absolute Gasteiger partial charge is 0.507 e. The maximum Gasteiger partial charge on any atom is 0.177 e. The molecule has 21 heavy (non-hydrogen) atoms. The molecule has 1 heterocycles. The second-order valence-electron chi connectivity index (χ2n) is 4.67. The lowest BCUT2D eigenvalue weighted by molar-refractivity contribution is 0.477. The number of hydrogen-bond acceptors (Lipinski definition) is 4. The van der Waals surface area contributed by atoms with Crippen LogP contribution in [0.15, 0.2) is 41.3 Å². The molecule has 2 aromatic carbocycles. The van der Waals surface area contributed by atoms with Gasteiger partial charge in [-0.25, -0.2) is 13.4 Å². The number of para-hydroxylation sites is 1. The molecule has 1 aromatic heterocycles. The van der Waals surface area contributed by atoms with Crippen molar-refractivity contribution in [2.24, 2.45) is 0 Å². The second kappa shape index (κ2) is 4.99. The first-order valence-corrected chi connectivity index (χ1v) is 9.01. The van der Waals surface area contributed by atoms with Crippen LogP contribution in [0.3, 0.4) is 0 Å². The molecule has 108 valence electrons. The van der Waals surface area contributed by atoms with Crippen molar-refractivity contribution in [1.82, 2.24) is 9.97 Å². The summed E-state index contributed by atoms with van der Waals surface area (Å²) < 4.78 is 24.6. The Kier molecular flexibility index (Phi) is 3.40. The van der Waals surface area contributed by atoms with Gasteiger partial charge in [0.15, 0.2) is 9.84 Å². The summed E-state index contributed by atoms with van der Waals surface area (Å²) in [6.07, 6.45) is 1.15. The number of halogens is 1. The molecule has 0 aliphatic heterocycles. The average Bonchev–Trinajstić information content (AvgIpc) is 2.83. The van der Waals surface area contributed by atoms with Crippen molar-refractivity contribution in [2.45, 2.75) is 4.90 Å². The Morgan fingerprint density at radius 3 is 2.71 bits per heavy atom. The molecule has 7 heteroatoms. The maximum absolute atomic E-state index is 11.8. The monoisotopic (exact) mass is 414 g/mol. The molecule has 0 unspecified atom stereocenters. The van der Waals surface area contributed by atoms with E-state index >= 15 is 0 Å². The van der Waals surface area contributed by atoms with Crippen molar-refractivity contribution < 1.29 is 13.5 Å². The Hall–Kier alpha value is -1.61. The van der Waals surface area contributed by atoms with Gasteiger partial charge in [0.2, 0.25) is 0 Å². The molecule has 0 bridgehead atoms. The second-order valence-corrected chi connectivity index (χ2v) is 7.90. The number of aromatic amines is 1. The number of nitrogens with zero attached hydrogens (tertiary/aromatic N) is 1. The first-order valence-electron chi connectivity index (χ1n) is 6.04. The number of fused-ring (bicyclic) bond motifs is 1. The fraction of sp³-hybridized carbons (Fsp3) is 0.0714. The lowest BCUT2D eigenvalue weighted by Gasteiger charge is -2.01. The molecule has 0 fully saturated rings. The number of phenols is 1. The Bertz CT molecular complexity index is 948. The maximum atomic E-state index is 11.8. The van der Waals surface area contributed by atoms with E-state index in [2.05, 4.69) is 32.6 Å². The fourth-order valence-corrected chi connectivity index (χ4v) is 3.45. The Labute approximate surface area is 135 Å². The van der Waals surface area contributed by atoms with E-state index in [1.807, 2.05) is 0 Å². The number of rotatable bonds is 2. The summed E-state index contributed by atoms with van der Waals surface area (Å²) in [4.78, 5) is 7.58.